The molecule has 3 aromatic rings. The Bertz CT molecular complexity index is 1220. The van der Waals surface area contributed by atoms with Crippen molar-refractivity contribution in [3.8, 4) is 28.8 Å². The summed E-state index contributed by atoms with van der Waals surface area (Å²) in [7, 11) is 1.63. The molecule has 28 heavy (non-hydrogen) atoms. The minimum atomic E-state index is 0.0751. The van der Waals surface area contributed by atoms with Crippen LogP contribution < -0.4 is 14.2 Å². The van der Waals surface area contributed by atoms with Crippen molar-refractivity contribution in [1.29, 1.82) is 0 Å². The number of fused-ring (bicyclic) bond motifs is 2. The average molecular weight is 410 g/mol. The SMILES string of the molecule is COc1ccc2c(c1)/C(=C\c1sc(=S)n(-c3ccc4c(c3)OCO4)c1O)C=N2. The molecule has 0 bridgehead atoms. The Kier molecular flexibility index (Phi) is 3.96. The number of aromatic hydroxyl groups is 1. The van der Waals surface area contributed by atoms with Crippen LogP contribution in [0, 0.1) is 3.95 Å². The topological polar surface area (TPSA) is 65.2 Å². The summed E-state index contributed by atoms with van der Waals surface area (Å²) >= 11 is 6.82. The van der Waals surface area contributed by atoms with E-state index in [1.54, 1.807) is 30.0 Å². The highest BCUT2D eigenvalue weighted by Gasteiger charge is 2.19. The summed E-state index contributed by atoms with van der Waals surface area (Å²) in [4.78, 5) is 5.07. The molecule has 2 aliphatic rings. The molecule has 0 fully saturated rings. The molecule has 5 rings (SSSR count). The minimum absolute atomic E-state index is 0.0751. The Labute approximate surface area is 169 Å². The molecule has 0 spiro atoms. The van der Waals surface area contributed by atoms with E-state index in [4.69, 9.17) is 26.4 Å². The number of allylic oxidation sites excluding steroid dienone is 1. The third kappa shape index (κ3) is 2.69. The molecular weight excluding hydrogens is 396 g/mol. The number of benzene rings is 2. The van der Waals surface area contributed by atoms with Gasteiger partial charge in [-0.2, -0.15) is 0 Å². The van der Waals surface area contributed by atoms with E-state index in [-0.39, 0.29) is 12.7 Å². The first-order chi connectivity index (χ1) is 13.6. The zero-order valence-electron chi connectivity index (χ0n) is 14.7. The summed E-state index contributed by atoms with van der Waals surface area (Å²) in [6.07, 6.45) is 3.66. The third-order valence-electron chi connectivity index (χ3n) is 4.57. The van der Waals surface area contributed by atoms with E-state index in [2.05, 4.69) is 4.99 Å². The van der Waals surface area contributed by atoms with Gasteiger partial charge in [-0.05, 0) is 48.6 Å². The first-order valence-electron chi connectivity index (χ1n) is 8.43. The summed E-state index contributed by atoms with van der Waals surface area (Å²) in [5.41, 5.74) is 3.42. The van der Waals surface area contributed by atoms with Crippen molar-refractivity contribution in [2.24, 2.45) is 4.99 Å². The summed E-state index contributed by atoms with van der Waals surface area (Å²) in [6.45, 7) is 0.194. The van der Waals surface area contributed by atoms with Crippen molar-refractivity contribution in [1.82, 2.24) is 4.57 Å². The number of thiazole rings is 1. The van der Waals surface area contributed by atoms with Gasteiger partial charge >= 0.3 is 0 Å². The second kappa shape index (κ2) is 6.50. The molecule has 6 nitrogen and oxygen atoms in total. The number of nitrogens with zero attached hydrogens (tertiary/aromatic N) is 2. The van der Waals surface area contributed by atoms with E-state index < -0.39 is 0 Å². The van der Waals surface area contributed by atoms with Crippen molar-refractivity contribution in [3.63, 3.8) is 0 Å². The van der Waals surface area contributed by atoms with Crippen molar-refractivity contribution < 1.29 is 19.3 Å². The van der Waals surface area contributed by atoms with Crippen LogP contribution in [-0.2, 0) is 0 Å². The smallest absolute Gasteiger partial charge is 0.231 e. The molecule has 2 aliphatic heterocycles. The van der Waals surface area contributed by atoms with Gasteiger partial charge in [-0.1, -0.05) is 0 Å². The van der Waals surface area contributed by atoms with Gasteiger partial charge < -0.3 is 19.3 Å². The summed E-state index contributed by atoms with van der Waals surface area (Å²) < 4.78 is 18.2. The molecule has 0 saturated carbocycles. The molecule has 2 aromatic carbocycles. The fourth-order valence-corrected chi connectivity index (χ4v) is 4.48. The van der Waals surface area contributed by atoms with Crippen LogP contribution in [0.15, 0.2) is 41.4 Å². The maximum atomic E-state index is 10.8. The lowest BCUT2D eigenvalue weighted by molar-refractivity contribution is 0.174. The molecule has 0 aliphatic carbocycles. The Morgan fingerprint density at radius 2 is 2.07 bits per heavy atom. The van der Waals surface area contributed by atoms with Crippen LogP contribution in [0.5, 0.6) is 23.1 Å². The predicted octanol–water partition coefficient (Wildman–Crippen LogP) is 4.97. The predicted molar refractivity (Wildman–Crippen MR) is 111 cm³/mol. The van der Waals surface area contributed by atoms with Crippen LogP contribution in [-0.4, -0.2) is 29.8 Å². The van der Waals surface area contributed by atoms with Crippen molar-refractivity contribution in [3.05, 3.63) is 50.8 Å². The largest absolute Gasteiger partial charge is 0.497 e. The monoisotopic (exact) mass is 410 g/mol. The van der Waals surface area contributed by atoms with Gasteiger partial charge in [-0.25, -0.2) is 0 Å². The molecule has 8 heteroatoms. The van der Waals surface area contributed by atoms with E-state index in [9.17, 15) is 5.11 Å². The molecule has 0 amide bonds. The van der Waals surface area contributed by atoms with Crippen LogP contribution in [0.1, 0.15) is 10.4 Å². The van der Waals surface area contributed by atoms with Gasteiger partial charge in [-0.3, -0.25) is 9.56 Å². The second-order valence-corrected chi connectivity index (χ2v) is 7.85. The lowest BCUT2D eigenvalue weighted by Crippen LogP contribution is -1.94. The molecule has 0 atom stereocenters. The lowest BCUT2D eigenvalue weighted by Gasteiger charge is -2.06. The van der Waals surface area contributed by atoms with Gasteiger partial charge in [0.2, 0.25) is 12.7 Å². The molecule has 3 heterocycles. The van der Waals surface area contributed by atoms with Crippen LogP contribution in [0.2, 0.25) is 0 Å². The van der Waals surface area contributed by atoms with Crippen molar-refractivity contribution >= 4 is 47.1 Å². The summed E-state index contributed by atoms with van der Waals surface area (Å²) in [6, 6.07) is 11.2. The number of aromatic nitrogens is 1. The lowest BCUT2D eigenvalue weighted by atomic mass is 10.1. The molecule has 0 unspecified atom stereocenters. The van der Waals surface area contributed by atoms with Crippen LogP contribution >= 0.6 is 23.6 Å². The fraction of sp³-hybridized carbons (Fsp3) is 0.100. The maximum absolute atomic E-state index is 10.8. The number of aliphatic imine (C=N–C) groups is 1. The van der Waals surface area contributed by atoms with Gasteiger partial charge in [0.25, 0.3) is 0 Å². The second-order valence-electron chi connectivity index (χ2n) is 6.17. The maximum Gasteiger partial charge on any atom is 0.231 e. The zero-order chi connectivity index (χ0) is 19.3. The number of hydrogen-bond acceptors (Lipinski definition) is 7. The van der Waals surface area contributed by atoms with Crippen LogP contribution in [0.3, 0.4) is 0 Å². The number of hydrogen-bond donors (Lipinski definition) is 1. The molecule has 0 radical (unpaired) electrons. The Morgan fingerprint density at radius 3 is 2.93 bits per heavy atom. The highest BCUT2D eigenvalue weighted by molar-refractivity contribution is 7.73. The first-order valence-corrected chi connectivity index (χ1v) is 9.65. The molecule has 140 valence electrons. The van der Waals surface area contributed by atoms with Gasteiger partial charge in [0, 0.05) is 23.4 Å². The van der Waals surface area contributed by atoms with E-state index in [0.29, 0.717) is 20.3 Å². The molecule has 1 N–H and O–H groups in total. The average Bonchev–Trinajstić information content (AvgIpc) is 3.39. The number of ether oxygens (including phenoxy) is 3. The Morgan fingerprint density at radius 1 is 1.21 bits per heavy atom. The summed E-state index contributed by atoms with van der Waals surface area (Å²) in [5, 5.41) is 10.8. The zero-order valence-corrected chi connectivity index (χ0v) is 16.3. The van der Waals surface area contributed by atoms with Gasteiger partial charge in [0.1, 0.15) is 5.75 Å². The highest BCUT2D eigenvalue weighted by Crippen LogP contribution is 2.40. The fourth-order valence-electron chi connectivity index (χ4n) is 3.18. The van der Waals surface area contributed by atoms with Gasteiger partial charge in [0.05, 0.1) is 23.4 Å². The molecule has 1 aromatic heterocycles. The van der Waals surface area contributed by atoms with E-state index >= 15 is 0 Å². The Hall–Kier alpha value is -3.10. The van der Waals surface area contributed by atoms with Crippen LogP contribution in [0.4, 0.5) is 5.69 Å². The first kappa shape index (κ1) is 17.0. The van der Waals surface area contributed by atoms with Crippen LogP contribution in [0.25, 0.3) is 17.3 Å². The van der Waals surface area contributed by atoms with Crippen molar-refractivity contribution in [2.45, 2.75) is 0 Å². The number of rotatable bonds is 3. The van der Waals surface area contributed by atoms with Gasteiger partial charge in [-0.15, -0.1) is 11.3 Å². The minimum Gasteiger partial charge on any atom is -0.497 e. The standard InChI is InChI=1S/C20H14N2O4S2/c1-24-13-3-4-15-14(8-13)11(9-21-15)6-18-19(23)22(20(27)28-18)12-2-5-16-17(7-12)26-10-25-16/h2-9,23H,10H2,1H3/b11-6-. The van der Waals surface area contributed by atoms with E-state index in [0.717, 1.165) is 28.3 Å². The number of methoxy groups -OCH3 is 1. The third-order valence-corrected chi connectivity index (χ3v) is 5.88. The van der Waals surface area contributed by atoms with E-state index in [1.807, 2.05) is 30.3 Å². The van der Waals surface area contributed by atoms with E-state index in [1.165, 1.54) is 11.3 Å². The van der Waals surface area contributed by atoms with Gasteiger partial charge in [0.15, 0.2) is 15.5 Å². The van der Waals surface area contributed by atoms with Crippen molar-refractivity contribution in [2.75, 3.05) is 13.9 Å². The molecular formula is C20H14N2O4S2. The molecule has 0 saturated heterocycles. The quantitative estimate of drug-likeness (QED) is 0.618. The highest BCUT2D eigenvalue weighted by atomic mass is 32.1. The normalized spacial score (nSPS) is 15.2. The summed E-state index contributed by atoms with van der Waals surface area (Å²) in [5.74, 6) is 2.14. The Balaban J connectivity index is 1.58.